The van der Waals surface area contributed by atoms with E-state index in [2.05, 4.69) is 15.6 Å². The van der Waals surface area contributed by atoms with E-state index in [1.54, 1.807) is 0 Å². The van der Waals surface area contributed by atoms with Gasteiger partial charge in [0.25, 0.3) is 0 Å². The zero-order valence-electron chi connectivity index (χ0n) is 8.71. The van der Waals surface area contributed by atoms with Crippen molar-refractivity contribution in [3.05, 3.63) is 11.9 Å². The predicted octanol–water partition coefficient (Wildman–Crippen LogP) is -0.545. The smallest absolute Gasteiger partial charge is 0.358 e. The Balaban J connectivity index is 2.32. The highest BCUT2D eigenvalue weighted by molar-refractivity contribution is 7.99. The third-order valence-electron chi connectivity index (χ3n) is 1.70. The van der Waals surface area contributed by atoms with Crippen LogP contribution in [0.15, 0.2) is 6.20 Å². The van der Waals surface area contributed by atoms with Gasteiger partial charge in [-0.2, -0.15) is 11.8 Å². The normalized spacial score (nSPS) is 10.1. The summed E-state index contributed by atoms with van der Waals surface area (Å²) >= 11 is 1.44. The zero-order valence-corrected chi connectivity index (χ0v) is 9.53. The van der Waals surface area contributed by atoms with Gasteiger partial charge in [-0.25, -0.2) is 9.48 Å². The molecule has 2 N–H and O–H groups in total. The number of carbonyl (C=O) groups is 2. The molecule has 0 aliphatic rings. The van der Waals surface area contributed by atoms with E-state index in [0.717, 1.165) is 0 Å². The first-order valence-electron chi connectivity index (χ1n) is 4.52. The van der Waals surface area contributed by atoms with Gasteiger partial charge in [-0.05, 0) is 6.26 Å². The van der Waals surface area contributed by atoms with Crippen LogP contribution >= 0.6 is 11.8 Å². The second-order valence-electron chi connectivity index (χ2n) is 2.95. The fourth-order valence-electron chi connectivity index (χ4n) is 0.998. The molecule has 0 radical (unpaired) electrons. The van der Waals surface area contributed by atoms with Crippen molar-refractivity contribution in [2.24, 2.45) is 0 Å². The van der Waals surface area contributed by atoms with Crippen molar-refractivity contribution in [1.82, 2.24) is 20.3 Å². The largest absolute Gasteiger partial charge is 0.476 e. The number of hydrogen-bond acceptors (Lipinski definition) is 5. The Morgan fingerprint density at radius 3 is 2.94 bits per heavy atom. The van der Waals surface area contributed by atoms with Crippen LogP contribution in [0.1, 0.15) is 10.5 Å². The van der Waals surface area contributed by atoms with Gasteiger partial charge in [0.15, 0.2) is 5.69 Å². The van der Waals surface area contributed by atoms with Crippen LogP contribution in [-0.2, 0) is 11.3 Å². The van der Waals surface area contributed by atoms with Crippen LogP contribution in [-0.4, -0.2) is 50.5 Å². The van der Waals surface area contributed by atoms with Gasteiger partial charge in [-0.3, -0.25) is 4.79 Å². The fraction of sp³-hybridized carbons (Fsp3) is 0.500. The molecule has 0 saturated heterocycles. The summed E-state index contributed by atoms with van der Waals surface area (Å²) in [6.45, 7) is 0.808. The number of aromatic nitrogens is 3. The number of nitrogens with one attached hydrogen (secondary N) is 1. The van der Waals surface area contributed by atoms with Crippen molar-refractivity contribution in [3.8, 4) is 0 Å². The first kappa shape index (κ1) is 12.5. The summed E-state index contributed by atoms with van der Waals surface area (Å²) in [6, 6.07) is 0. The standard InChI is InChI=1S/C8H12N4O3S/c1-16-5-7(13)9-2-3-12-4-6(8(14)15)10-11-12/h4H,2-3,5H2,1H3,(H,9,13)(H,14,15). The topological polar surface area (TPSA) is 97.1 Å². The maximum Gasteiger partial charge on any atom is 0.358 e. The van der Waals surface area contributed by atoms with E-state index in [-0.39, 0.29) is 11.6 Å². The molecule has 0 bridgehead atoms. The maximum absolute atomic E-state index is 11.1. The summed E-state index contributed by atoms with van der Waals surface area (Å²) in [6.07, 6.45) is 3.17. The molecule has 7 nitrogen and oxygen atoms in total. The Labute approximate surface area is 96.2 Å². The lowest BCUT2D eigenvalue weighted by molar-refractivity contribution is -0.118. The number of hydrogen-bond donors (Lipinski definition) is 2. The van der Waals surface area contributed by atoms with Gasteiger partial charge >= 0.3 is 5.97 Å². The molecule has 8 heteroatoms. The lowest BCUT2D eigenvalue weighted by Crippen LogP contribution is -2.28. The predicted molar refractivity (Wildman–Crippen MR) is 58.4 cm³/mol. The third-order valence-corrected chi connectivity index (χ3v) is 2.25. The van der Waals surface area contributed by atoms with Gasteiger partial charge in [-0.15, -0.1) is 5.10 Å². The SMILES string of the molecule is CSCC(=O)NCCn1cc(C(=O)O)nn1. The summed E-state index contributed by atoms with van der Waals surface area (Å²) in [4.78, 5) is 21.6. The molecular formula is C8H12N4O3S. The van der Waals surface area contributed by atoms with Crippen LogP contribution in [0.2, 0.25) is 0 Å². The van der Waals surface area contributed by atoms with Gasteiger partial charge in [-0.1, -0.05) is 5.21 Å². The van der Waals surface area contributed by atoms with Gasteiger partial charge in [0.05, 0.1) is 18.5 Å². The summed E-state index contributed by atoms with van der Waals surface area (Å²) in [5, 5.41) is 18.3. The van der Waals surface area contributed by atoms with Gasteiger partial charge < -0.3 is 10.4 Å². The molecule has 1 rings (SSSR count). The maximum atomic E-state index is 11.1. The van der Waals surface area contributed by atoms with Gasteiger partial charge in [0, 0.05) is 6.54 Å². The summed E-state index contributed by atoms with van der Waals surface area (Å²) in [5.74, 6) is -0.749. The van der Waals surface area contributed by atoms with Crippen molar-refractivity contribution in [2.45, 2.75) is 6.54 Å². The molecule has 16 heavy (non-hydrogen) atoms. The van der Waals surface area contributed by atoms with E-state index in [1.165, 1.54) is 22.6 Å². The second-order valence-corrected chi connectivity index (χ2v) is 3.82. The summed E-state index contributed by atoms with van der Waals surface area (Å²) < 4.78 is 1.38. The molecule has 0 aliphatic carbocycles. The molecule has 1 amide bonds. The van der Waals surface area contributed by atoms with Crippen LogP contribution < -0.4 is 5.32 Å². The van der Waals surface area contributed by atoms with Crippen LogP contribution in [0, 0.1) is 0 Å². The Hall–Kier alpha value is -1.57. The highest BCUT2D eigenvalue weighted by Gasteiger charge is 2.07. The highest BCUT2D eigenvalue weighted by atomic mass is 32.2. The lowest BCUT2D eigenvalue weighted by atomic mass is 10.5. The molecule has 0 atom stereocenters. The first-order valence-corrected chi connectivity index (χ1v) is 5.92. The van der Waals surface area contributed by atoms with E-state index in [4.69, 9.17) is 5.11 Å². The Bertz CT molecular complexity index is 379. The molecule has 0 aromatic carbocycles. The minimum absolute atomic E-state index is 0.0499. The highest BCUT2D eigenvalue weighted by Crippen LogP contribution is 1.92. The van der Waals surface area contributed by atoms with E-state index in [1.807, 2.05) is 6.26 Å². The number of carboxylic acids is 1. The number of carbonyl (C=O) groups excluding carboxylic acids is 1. The van der Waals surface area contributed by atoms with E-state index < -0.39 is 5.97 Å². The van der Waals surface area contributed by atoms with Crippen molar-refractivity contribution in [1.29, 1.82) is 0 Å². The van der Waals surface area contributed by atoms with Crippen molar-refractivity contribution >= 4 is 23.6 Å². The number of aromatic carboxylic acids is 1. The first-order chi connectivity index (χ1) is 7.63. The van der Waals surface area contributed by atoms with E-state index in [9.17, 15) is 9.59 Å². The molecule has 0 spiro atoms. The molecule has 1 aromatic heterocycles. The zero-order chi connectivity index (χ0) is 12.0. The molecule has 0 saturated carbocycles. The second kappa shape index (κ2) is 6.11. The van der Waals surface area contributed by atoms with Crippen LogP contribution in [0.25, 0.3) is 0 Å². The minimum atomic E-state index is -1.11. The molecule has 1 aromatic rings. The summed E-state index contributed by atoms with van der Waals surface area (Å²) in [5.41, 5.74) is -0.101. The van der Waals surface area contributed by atoms with Crippen LogP contribution in [0.3, 0.4) is 0 Å². The molecule has 1 heterocycles. The molecule has 0 fully saturated rings. The summed E-state index contributed by atoms with van der Waals surface area (Å²) in [7, 11) is 0. The molecule has 0 aliphatic heterocycles. The Morgan fingerprint density at radius 2 is 2.38 bits per heavy atom. The van der Waals surface area contributed by atoms with Crippen molar-refractivity contribution < 1.29 is 14.7 Å². The molecular weight excluding hydrogens is 232 g/mol. The quantitative estimate of drug-likeness (QED) is 0.697. The number of rotatable bonds is 6. The Morgan fingerprint density at radius 1 is 1.62 bits per heavy atom. The number of thioether (sulfide) groups is 1. The van der Waals surface area contributed by atoms with E-state index in [0.29, 0.717) is 18.8 Å². The fourth-order valence-corrected chi connectivity index (χ4v) is 1.36. The number of nitrogens with zero attached hydrogens (tertiary/aromatic N) is 3. The Kier molecular flexibility index (Phi) is 4.77. The number of carboxylic acid groups (broad SMARTS) is 1. The molecule has 88 valence electrons. The third kappa shape index (κ3) is 3.89. The van der Waals surface area contributed by atoms with Gasteiger partial charge in [0.2, 0.25) is 5.91 Å². The average Bonchev–Trinajstić information content (AvgIpc) is 2.67. The van der Waals surface area contributed by atoms with Crippen LogP contribution in [0.5, 0.6) is 0 Å². The lowest BCUT2D eigenvalue weighted by Gasteiger charge is -2.02. The number of amides is 1. The minimum Gasteiger partial charge on any atom is -0.476 e. The van der Waals surface area contributed by atoms with Crippen molar-refractivity contribution in [2.75, 3.05) is 18.6 Å². The monoisotopic (exact) mass is 244 g/mol. The van der Waals surface area contributed by atoms with E-state index >= 15 is 0 Å². The average molecular weight is 244 g/mol. The van der Waals surface area contributed by atoms with Gasteiger partial charge in [0.1, 0.15) is 0 Å². The molecule has 0 unspecified atom stereocenters. The van der Waals surface area contributed by atoms with Crippen LogP contribution in [0.4, 0.5) is 0 Å². The van der Waals surface area contributed by atoms with Crippen molar-refractivity contribution in [3.63, 3.8) is 0 Å².